The van der Waals surface area contributed by atoms with Gasteiger partial charge in [-0.15, -0.1) is 0 Å². The largest absolute Gasteiger partial charge is 0.507 e. The molecule has 54 heavy (non-hydrogen) atoms. The van der Waals surface area contributed by atoms with Crippen LogP contribution in [0.15, 0.2) is 39.5 Å². The van der Waals surface area contributed by atoms with Crippen molar-refractivity contribution in [2.75, 3.05) is 13.2 Å². The molecule has 0 amide bonds. The summed E-state index contributed by atoms with van der Waals surface area (Å²) in [6.07, 6.45) is -24.9. The number of fused-ring (bicyclic) bond motifs is 1. The monoisotopic (exact) mass is 772 g/mol. The number of ether oxygens (including phenoxy) is 6. The second kappa shape index (κ2) is 15.7. The third-order valence-electron chi connectivity index (χ3n) is 9.36. The Morgan fingerprint density at radius 1 is 0.611 bits per heavy atom. The number of phenols is 2. The molecule has 4 heterocycles. The van der Waals surface area contributed by atoms with E-state index >= 15 is 0 Å². The van der Waals surface area contributed by atoms with E-state index in [9.17, 15) is 71.2 Å². The average Bonchev–Trinajstić information content (AvgIpc) is 3.14. The van der Waals surface area contributed by atoms with Crippen LogP contribution in [0.1, 0.15) is 6.92 Å². The number of phenolic OH excluding ortho intramolecular Hbond substituents is 2. The molecule has 3 aliphatic heterocycles. The third kappa shape index (κ3) is 7.27. The lowest BCUT2D eigenvalue weighted by Gasteiger charge is -2.39. The Morgan fingerprint density at radius 2 is 1.15 bits per heavy atom. The van der Waals surface area contributed by atoms with Gasteiger partial charge in [0.1, 0.15) is 89.6 Å². The second-order valence-corrected chi connectivity index (χ2v) is 13.0. The summed E-state index contributed by atoms with van der Waals surface area (Å²) >= 11 is 0. The highest BCUT2D eigenvalue weighted by Gasteiger charge is 2.47. The van der Waals surface area contributed by atoms with Crippen LogP contribution in [0.3, 0.4) is 0 Å². The highest BCUT2D eigenvalue weighted by molar-refractivity contribution is 5.88. The van der Waals surface area contributed by atoms with Crippen LogP contribution in [-0.4, -0.2) is 172 Å². The Hall–Kier alpha value is -3.91. The molecule has 3 saturated heterocycles. The first-order valence-corrected chi connectivity index (χ1v) is 16.5. The van der Waals surface area contributed by atoms with Gasteiger partial charge >= 0.3 is 0 Å². The molecule has 15 atom stereocenters. The summed E-state index contributed by atoms with van der Waals surface area (Å²) in [6.45, 7) is -0.188. The summed E-state index contributed by atoms with van der Waals surface area (Å²) in [6, 6.07) is 5.31. The first-order valence-electron chi connectivity index (χ1n) is 16.5. The number of hydrogen-bond donors (Lipinski definition) is 13. The van der Waals surface area contributed by atoms with E-state index in [1.165, 1.54) is 13.0 Å². The van der Waals surface area contributed by atoms with Crippen molar-refractivity contribution in [3.8, 4) is 40.1 Å². The molecule has 6 rings (SSSR count). The molecule has 0 radical (unpaired) electrons. The maximum Gasteiger partial charge on any atom is 0.239 e. The van der Waals surface area contributed by atoms with E-state index in [-0.39, 0.29) is 17.1 Å². The maximum absolute atomic E-state index is 14.1. The van der Waals surface area contributed by atoms with Crippen molar-refractivity contribution in [2.45, 2.75) is 99.0 Å². The fourth-order valence-corrected chi connectivity index (χ4v) is 6.20. The van der Waals surface area contributed by atoms with Crippen LogP contribution >= 0.6 is 0 Å². The van der Waals surface area contributed by atoms with Gasteiger partial charge in [-0.25, -0.2) is 0 Å². The Balaban J connectivity index is 1.41. The van der Waals surface area contributed by atoms with Crippen LogP contribution in [0.4, 0.5) is 0 Å². The minimum atomic E-state index is -2.00. The van der Waals surface area contributed by atoms with E-state index in [0.29, 0.717) is 0 Å². The van der Waals surface area contributed by atoms with Gasteiger partial charge in [0.05, 0.1) is 19.3 Å². The van der Waals surface area contributed by atoms with E-state index < -0.39 is 145 Å². The van der Waals surface area contributed by atoms with Gasteiger partial charge in [-0.1, -0.05) is 0 Å². The molecule has 3 fully saturated rings. The van der Waals surface area contributed by atoms with Gasteiger partial charge in [-0.2, -0.15) is 0 Å². The highest BCUT2D eigenvalue weighted by Crippen LogP contribution is 2.41. The normalized spacial score (nSPS) is 37.2. The quantitative estimate of drug-likeness (QED) is 0.0973. The molecule has 298 valence electrons. The van der Waals surface area contributed by atoms with Crippen LogP contribution in [0, 0.1) is 0 Å². The van der Waals surface area contributed by atoms with Crippen molar-refractivity contribution in [1.82, 2.24) is 0 Å². The van der Waals surface area contributed by atoms with Gasteiger partial charge in [0.25, 0.3) is 0 Å². The predicted octanol–water partition coefficient (Wildman–Crippen LogP) is -4.57. The van der Waals surface area contributed by atoms with Crippen LogP contribution < -0.4 is 19.6 Å². The number of benzene rings is 2. The van der Waals surface area contributed by atoms with Crippen LogP contribution in [0.2, 0.25) is 0 Å². The highest BCUT2D eigenvalue weighted by atomic mass is 16.7. The summed E-state index contributed by atoms with van der Waals surface area (Å²) in [4.78, 5) is 14.1. The Morgan fingerprint density at radius 3 is 1.70 bits per heavy atom. The zero-order valence-electron chi connectivity index (χ0n) is 28.0. The first kappa shape index (κ1) is 39.8. The minimum absolute atomic E-state index is 0.157. The summed E-state index contributed by atoms with van der Waals surface area (Å²) in [5.41, 5.74) is -1.67. The Labute approximate surface area is 303 Å². The third-order valence-corrected chi connectivity index (χ3v) is 9.36. The standard InChI is InChI=1S/C33H40O21/c1-9-19(38)23(42)26(45)31(48-9)49-11-5-13(37)18-15(6-11)50-29(30(22(18)41)54-33-28(47)25(44)21(40)17(8-35)53-33)10-2-3-14(12(36)4-10)51-32-27(46)24(43)20(39)16(7-34)52-32/h2-6,9,16-17,19-21,23-28,31-40,42-47H,7-8H2,1H3/t9-,16+,17+,19-,20+,21+,23+,24-,25-,26+,27+,28+,31-,32+,33-/m0/s1. The number of aliphatic hydroxyl groups excluding tert-OH is 11. The van der Waals surface area contributed by atoms with Gasteiger partial charge in [0, 0.05) is 17.7 Å². The summed E-state index contributed by atoms with van der Waals surface area (Å²) in [5, 5.41) is 133. The molecular weight excluding hydrogens is 732 g/mol. The van der Waals surface area contributed by atoms with Crippen molar-refractivity contribution < 1.29 is 99.2 Å². The van der Waals surface area contributed by atoms with E-state index in [4.69, 9.17) is 32.8 Å². The minimum Gasteiger partial charge on any atom is -0.507 e. The first-order chi connectivity index (χ1) is 25.6. The SMILES string of the molecule is C[C@@H]1O[C@@H](Oc2cc(O)c3c(=O)c(O[C@@H]4O[C@H](CO)[C@@H](O)[C@H](O)[C@H]4O)c(-c4ccc(O[C@@H]5O[C@H](CO)[C@@H](O)[C@H](O)[C@H]5O)c(O)c4)oc3c2)[C@H](O)[C@H](O)[C@H]1O. The van der Waals surface area contributed by atoms with Crippen LogP contribution in [-0.2, 0) is 14.2 Å². The lowest BCUT2D eigenvalue weighted by Crippen LogP contribution is -2.60. The number of hydrogen-bond acceptors (Lipinski definition) is 21. The van der Waals surface area contributed by atoms with Gasteiger partial charge in [0.15, 0.2) is 17.3 Å². The zero-order chi connectivity index (χ0) is 39.3. The molecule has 13 N–H and O–H groups in total. The molecule has 21 heteroatoms. The number of rotatable bonds is 9. The Bertz CT molecular complexity index is 1850. The Kier molecular flexibility index (Phi) is 11.5. The fraction of sp³-hybridized carbons (Fsp3) is 0.545. The van der Waals surface area contributed by atoms with Crippen molar-refractivity contribution in [3.63, 3.8) is 0 Å². The maximum atomic E-state index is 14.1. The van der Waals surface area contributed by atoms with Crippen molar-refractivity contribution in [1.29, 1.82) is 0 Å². The topological polar surface area (TPSA) is 349 Å². The van der Waals surface area contributed by atoms with Crippen molar-refractivity contribution in [3.05, 3.63) is 40.6 Å². The van der Waals surface area contributed by atoms with E-state index in [1.807, 2.05) is 0 Å². The van der Waals surface area contributed by atoms with Crippen LogP contribution in [0.5, 0.6) is 28.7 Å². The molecular formula is C33H40O21. The lowest BCUT2D eigenvalue weighted by molar-refractivity contribution is -0.277. The predicted molar refractivity (Wildman–Crippen MR) is 173 cm³/mol. The molecule has 21 nitrogen and oxygen atoms in total. The molecule has 0 unspecified atom stereocenters. The zero-order valence-corrected chi connectivity index (χ0v) is 28.0. The molecule has 0 aliphatic carbocycles. The van der Waals surface area contributed by atoms with Crippen LogP contribution in [0.25, 0.3) is 22.3 Å². The van der Waals surface area contributed by atoms with E-state index in [0.717, 1.165) is 24.3 Å². The fourth-order valence-electron chi connectivity index (χ4n) is 6.20. The van der Waals surface area contributed by atoms with Gasteiger partial charge < -0.3 is 99.2 Å². The summed E-state index contributed by atoms with van der Waals surface area (Å²) in [5.74, 6) is -3.39. The smallest absolute Gasteiger partial charge is 0.239 e. The molecule has 3 aliphatic rings. The molecule has 3 aromatic rings. The molecule has 2 aromatic carbocycles. The molecule has 1 aromatic heterocycles. The van der Waals surface area contributed by atoms with Crippen molar-refractivity contribution >= 4 is 11.0 Å². The lowest BCUT2D eigenvalue weighted by atomic mass is 9.99. The van der Waals surface area contributed by atoms with E-state index in [2.05, 4.69) is 0 Å². The molecule has 0 saturated carbocycles. The van der Waals surface area contributed by atoms with Crippen molar-refractivity contribution in [2.24, 2.45) is 0 Å². The van der Waals surface area contributed by atoms with Gasteiger partial charge in [-0.05, 0) is 25.1 Å². The van der Waals surface area contributed by atoms with Gasteiger partial charge in [-0.3, -0.25) is 4.79 Å². The van der Waals surface area contributed by atoms with E-state index in [1.54, 1.807) is 0 Å². The molecule has 0 bridgehead atoms. The second-order valence-electron chi connectivity index (χ2n) is 13.0. The average molecular weight is 773 g/mol. The summed E-state index contributed by atoms with van der Waals surface area (Å²) < 4.78 is 39.0. The van der Waals surface area contributed by atoms with Gasteiger partial charge in [0.2, 0.25) is 30.0 Å². The number of aromatic hydroxyl groups is 2. The number of aliphatic hydroxyl groups is 11. The summed E-state index contributed by atoms with van der Waals surface area (Å²) in [7, 11) is 0. The molecule has 0 spiro atoms.